The summed E-state index contributed by atoms with van der Waals surface area (Å²) in [4.78, 5) is 0. The molecule has 4 heteroatoms. The van der Waals surface area contributed by atoms with Gasteiger partial charge >= 0.3 is 0 Å². The van der Waals surface area contributed by atoms with Crippen LogP contribution in [0.3, 0.4) is 0 Å². The molecule has 2 aromatic carbocycles. The minimum absolute atomic E-state index is 0.108. The van der Waals surface area contributed by atoms with E-state index in [2.05, 4.69) is 0 Å². The molecule has 1 nitrogen and oxygen atoms in total. The Hall–Kier alpha value is -1.45. The molecule has 0 spiro atoms. The van der Waals surface area contributed by atoms with Crippen molar-refractivity contribution in [2.24, 2.45) is 11.7 Å². The van der Waals surface area contributed by atoms with Crippen LogP contribution < -0.4 is 5.73 Å². The Kier molecular flexibility index (Phi) is 5.10. The molecule has 0 amide bonds. The fraction of sp³-hybridized carbons (Fsp3) is 0.250. The third-order valence-corrected chi connectivity index (χ3v) is 3.53. The molecular formula is C16H16ClF2N. The zero-order valence-electron chi connectivity index (χ0n) is 11.0. The molecule has 0 aliphatic rings. The molecule has 2 rings (SSSR count). The zero-order chi connectivity index (χ0) is 14.5. The van der Waals surface area contributed by atoms with Crippen LogP contribution in [-0.4, -0.2) is 6.54 Å². The lowest BCUT2D eigenvalue weighted by Crippen LogP contribution is -2.20. The Morgan fingerprint density at radius 3 is 2.30 bits per heavy atom. The fourth-order valence-electron chi connectivity index (χ4n) is 2.19. The first-order chi connectivity index (χ1) is 9.58. The van der Waals surface area contributed by atoms with Crippen molar-refractivity contribution < 1.29 is 8.78 Å². The van der Waals surface area contributed by atoms with E-state index in [9.17, 15) is 8.78 Å². The third-order valence-electron chi connectivity index (χ3n) is 3.29. The summed E-state index contributed by atoms with van der Waals surface area (Å²) in [6, 6.07) is 11.0. The highest BCUT2D eigenvalue weighted by Gasteiger charge is 2.12. The number of halogens is 3. The van der Waals surface area contributed by atoms with Crippen molar-refractivity contribution in [1.29, 1.82) is 0 Å². The van der Waals surface area contributed by atoms with Crippen molar-refractivity contribution in [3.63, 3.8) is 0 Å². The van der Waals surface area contributed by atoms with E-state index in [1.807, 2.05) is 0 Å². The van der Waals surface area contributed by atoms with E-state index in [0.29, 0.717) is 30.0 Å². The Balaban J connectivity index is 2.07. The molecule has 2 aromatic rings. The molecule has 0 fully saturated rings. The van der Waals surface area contributed by atoms with Gasteiger partial charge in [0.05, 0.1) is 0 Å². The van der Waals surface area contributed by atoms with Gasteiger partial charge in [-0.15, -0.1) is 0 Å². The van der Waals surface area contributed by atoms with Crippen LogP contribution in [0.2, 0.25) is 5.02 Å². The van der Waals surface area contributed by atoms with Crippen molar-refractivity contribution in [2.75, 3.05) is 6.54 Å². The SMILES string of the molecule is NCC(Cc1ccc(F)cc1)Cc1ccc(Cl)cc1F. The first-order valence-electron chi connectivity index (χ1n) is 6.47. The highest BCUT2D eigenvalue weighted by molar-refractivity contribution is 6.30. The predicted octanol–water partition coefficient (Wildman–Crippen LogP) is 3.98. The van der Waals surface area contributed by atoms with Crippen molar-refractivity contribution in [1.82, 2.24) is 0 Å². The van der Waals surface area contributed by atoms with Crippen LogP contribution in [-0.2, 0) is 12.8 Å². The smallest absolute Gasteiger partial charge is 0.127 e. The van der Waals surface area contributed by atoms with Crippen molar-refractivity contribution >= 4 is 11.6 Å². The van der Waals surface area contributed by atoms with Gasteiger partial charge in [0.2, 0.25) is 0 Å². The van der Waals surface area contributed by atoms with Crippen molar-refractivity contribution in [3.8, 4) is 0 Å². The van der Waals surface area contributed by atoms with Crippen LogP contribution in [0.5, 0.6) is 0 Å². The van der Waals surface area contributed by atoms with Gasteiger partial charge in [-0.1, -0.05) is 29.8 Å². The van der Waals surface area contributed by atoms with E-state index in [1.54, 1.807) is 24.3 Å². The fourth-order valence-corrected chi connectivity index (χ4v) is 2.35. The summed E-state index contributed by atoms with van der Waals surface area (Å²) in [6.45, 7) is 0.444. The first-order valence-corrected chi connectivity index (χ1v) is 6.84. The van der Waals surface area contributed by atoms with Gasteiger partial charge in [-0.3, -0.25) is 0 Å². The standard InChI is InChI=1S/C16H16ClF2N/c17-14-4-3-13(16(19)9-14)8-12(10-20)7-11-1-5-15(18)6-2-11/h1-6,9,12H,7-8,10,20H2. The molecule has 106 valence electrons. The monoisotopic (exact) mass is 295 g/mol. The van der Waals surface area contributed by atoms with E-state index in [4.69, 9.17) is 17.3 Å². The largest absolute Gasteiger partial charge is 0.330 e. The van der Waals surface area contributed by atoms with E-state index in [1.165, 1.54) is 18.2 Å². The molecule has 0 aromatic heterocycles. The normalized spacial score (nSPS) is 12.4. The van der Waals surface area contributed by atoms with Gasteiger partial charge in [0, 0.05) is 5.02 Å². The summed E-state index contributed by atoms with van der Waals surface area (Å²) in [5, 5.41) is 0.383. The Bertz CT molecular complexity index is 569. The molecule has 0 radical (unpaired) electrons. The molecule has 0 saturated heterocycles. The second-order valence-electron chi connectivity index (χ2n) is 4.87. The molecule has 0 bridgehead atoms. The molecule has 0 saturated carbocycles. The Morgan fingerprint density at radius 1 is 1.00 bits per heavy atom. The summed E-state index contributed by atoms with van der Waals surface area (Å²) < 4.78 is 26.6. The number of hydrogen-bond acceptors (Lipinski definition) is 1. The van der Waals surface area contributed by atoms with Gasteiger partial charge in [0.25, 0.3) is 0 Å². The second kappa shape index (κ2) is 6.82. The summed E-state index contributed by atoms with van der Waals surface area (Å²) >= 11 is 5.73. The van der Waals surface area contributed by atoms with E-state index in [-0.39, 0.29) is 17.6 Å². The molecule has 1 unspecified atom stereocenters. The maximum atomic E-state index is 13.8. The Labute approximate surface area is 122 Å². The molecular weight excluding hydrogens is 280 g/mol. The number of hydrogen-bond donors (Lipinski definition) is 1. The molecule has 0 aliphatic heterocycles. The van der Waals surface area contributed by atoms with Crippen LogP contribution in [0.15, 0.2) is 42.5 Å². The second-order valence-corrected chi connectivity index (χ2v) is 5.31. The molecule has 20 heavy (non-hydrogen) atoms. The molecule has 1 atom stereocenters. The first kappa shape index (κ1) is 14.9. The van der Waals surface area contributed by atoms with Gasteiger partial charge in [-0.25, -0.2) is 8.78 Å². The van der Waals surface area contributed by atoms with E-state index >= 15 is 0 Å². The van der Waals surface area contributed by atoms with Gasteiger partial charge in [0.1, 0.15) is 11.6 Å². The summed E-state index contributed by atoms with van der Waals surface area (Å²) in [5.41, 5.74) is 7.36. The van der Waals surface area contributed by atoms with Crippen LogP contribution in [0, 0.1) is 17.6 Å². The molecule has 0 heterocycles. The third kappa shape index (κ3) is 4.02. The lowest BCUT2D eigenvalue weighted by atomic mass is 9.92. The van der Waals surface area contributed by atoms with Crippen molar-refractivity contribution in [3.05, 3.63) is 70.2 Å². The summed E-state index contributed by atoms with van der Waals surface area (Å²) in [7, 11) is 0. The summed E-state index contributed by atoms with van der Waals surface area (Å²) in [5.74, 6) is -0.465. The van der Waals surface area contributed by atoms with Gasteiger partial charge < -0.3 is 5.73 Å². The van der Waals surface area contributed by atoms with Crippen LogP contribution >= 0.6 is 11.6 Å². The molecule has 2 N–H and O–H groups in total. The van der Waals surface area contributed by atoms with Gasteiger partial charge in [-0.2, -0.15) is 0 Å². The van der Waals surface area contributed by atoms with Crippen molar-refractivity contribution in [2.45, 2.75) is 12.8 Å². The van der Waals surface area contributed by atoms with Crippen LogP contribution in [0.1, 0.15) is 11.1 Å². The number of nitrogens with two attached hydrogens (primary N) is 1. The van der Waals surface area contributed by atoms with E-state index in [0.717, 1.165) is 5.56 Å². The highest BCUT2D eigenvalue weighted by atomic mass is 35.5. The average Bonchev–Trinajstić information content (AvgIpc) is 2.43. The minimum Gasteiger partial charge on any atom is -0.330 e. The maximum absolute atomic E-state index is 13.8. The van der Waals surface area contributed by atoms with Crippen LogP contribution in [0.25, 0.3) is 0 Å². The zero-order valence-corrected chi connectivity index (χ0v) is 11.7. The van der Waals surface area contributed by atoms with Crippen LogP contribution in [0.4, 0.5) is 8.78 Å². The van der Waals surface area contributed by atoms with E-state index < -0.39 is 0 Å². The van der Waals surface area contributed by atoms with Gasteiger partial charge in [-0.05, 0) is 60.7 Å². The lowest BCUT2D eigenvalue weighted by molar-refractivity contribution is 0.511. The average molecular weight is 296 g/mol. The quantitative estimate of drug-likeness (QED) is 0.887. The number of benzene rings is 2. The Morgan fingerprint density at radius 2 is 1.70 bits per heavy atom. The topological polar surface area (TPSA) is 26.0 Å². The minimum atomic E-state index is -0.310. The predicted molar refractivity (Wildman–Crippen MR) is 77.8 cm³/mol. The highest BCUT2D eigenvalue weighted by Crippen LogP contribution is 2.19. The number of rotatable bonds is 5. The molecule has 0 aliphatic carbocycles. The lowest BCUT2D eigenvalue weighted by Gasteiger charge is -2.15. The summed E-state index contributed by atoms with van der Waals surface area (Å²) in [6.07, 6.45) is 1.23. The van der Waals surface area contributed by atoms with Gasteiger partial charge in [0.15, 0.2) is 0 Å². The maximum Gasteiger partial charge on any atom is 0.127 e.